The second kappa shape index (κ2) is 7.30. The number of rotatable bonds is 2. The van der Waals surface area contributed by atoms with Crippen molar-refractivity contribution in [1.29, 1.82) is 0 Å². The summed E-state index contributed by atoms with van der Waals surface area (Å²) >= 11 is 0. The summed E-state index contributed by atoms with van der Waals surface area (Å²) in [5.74, 6) is 0. The molecule has 80 valence electrons. The number of hydrogen-bond donors (Lipinski definition) is 1. The zero-order chi connectivity index (χ0) is 10.3. The molecule has 3 nitrogen and oxygen atoms in total. The lowest BCUT2D eigenvalue weighted by atomic mass is 10.2. The summed E-state index contributed by atoms with van der Waals surface area (Å²) in [5, 5.41) is 9.04. The molecular weight excluding hydrogens is 164 g/mol. The van der Waals surface area contributed by atoms with Gasteiger partial charge in [-0.05, 0) is 13.6 Å². The molecule has 0 aromatic rings. The molecule has 0 aromatic carbocycles. The maximum Gasteiger partial charge on any atom is 0.0599 e. The summed E-state index contributed by atoms with van der Waals surface area (Å²) in [6.07, 6.45) is 0. The van der Waals surface area contributed by atoms with Gasteiger partial charge in [0.1, 0.15) is 0 Å². The van der Waals surface area contributed by atoms with Crippen molar-refractivity contribution < 1.29 is 5.11 Å². The van der Waals surface area contributed by atoms with E-state index in [1.807, 2.05) is 13.8 Å². The monoisotopic (exact) mass is 188 g/mol. The molecule has 1 saturated heterocycles. The maximum atomic E-state index is 9.04. The maximum absolute atomic E-state index is 9.04. The van der Waals surface area contributed by atoms with E-state index in [2.05, 4.69) is 23.8 Å². The molecular formula is C10H24N2O. The summed E-state index contributed by atoms with van der Waals surface area (Å²) in [6.45, 7) is 10.7. The molecule has 3 heteroatoms. The number of aliphatic hydroxyl groups excluding tert-OH is 1. The Morgan fingerprint density at radius 3 is 2.38 bits per heavy atom. The number of nitrogens with zero attached hydrogens (tertiary/aromatic N) is 2. The summed E-state index contributed by atoms with van der Waals surface area (Å²) < 4.78 is 0. The van der Waals surface area contributed by atoms with Crippen LogP contribution in [0.15, 0.2) is 0 Å². The minimum absolute atomic E-state index is 0.290. The highest BCUT2D eigenvalue weighted by Gasteiger charge is 2.22. The highest BCUT2D eigenvalue weighted by molar-refractivity contribution is 4.78. The van der Waals surface area contributed by atoms with Gasteiger partial charge in [-0.25, -0.2) is 0 Å². The van der Waals surface area contributed by atoms with Gasteiger partial charge in [0.25, 0.3) is 0 Å². The number of hydrogen-bond acceptors (Lipinski definition) is 3. The Morgan fingerprint density at radius 2 is 1.92 bits per heavy atom. The molecule has 1 aliphatic rings. The molecule has 1 fully saturated rings. The van der Waals surface area contributed by atoms with Crippen molar-refractivity contribution in [2.75, 3.05) is 39.8 Å². The summed E-state index contributed by atoms with van der Waals surface area (Å²) in [4.78, 5) is 4.60. The quantitative estimate of drug-likeness (QED) is 0.689. The molecule has 0 aromatic heterocycles. The first-order chi connectivity index (χ1) is 6.27. The molecule has 1 aliphatic heterocycles. The van der Waals surface area contributed by atoms with Crippen LogP contribution >= 0.6 is 0 Å². The number of aliphatic hydroxyl groups is 1. The lowest BCUT2D eigenvalue weighted by molar-refractivity contribution is 0.0552. The van der Waals surface area contributed by atoms with Gasteiger partial charge in [-0.2, -0.15) is 0 Å². The third-order valence-corrected chi connectivity index (χ3v) is 2.42. The Labute approximate surface area is 82.3 Å². The first kappa shape index (κ1) is 12.9. The highest BCUT2D eigenvalue weighted by Crippen LogP contribution is 2.06. The van der Waals surface area contributed by atoms with Crippen LogP contribution in [0.1, 0.15) is 20.8 Å². The third kappa shape index (κ3) is 4.07. The smallest absolute Gasteiger partial charge is 0.0599 e. The average Bonchev–Trinajstić information content (AvgIpc) is 2.20. The van der Waals surface area contributed by atoms with E-state index in [1.54, 1.807) is 0 Å². The van der Waals surface area contributed by atoms with Crippen LogP contribution in [0.25, 0.3) is 0 Å². The van der Waals surface area contributed by atoms with Gasteiger partial charge in [0, 0.05) is 25.7 Å². The zero-order valence-corrected chi connectivity index (χ0v) is 9.45. The molecule has 1 rings (SSSR count). The van der Waals surface area contributed by atoms with Crippen LogP contribution in [0, 0.1) is 0 Å². The Morgan fingerprint density at radius 1 is 1.31 bits per heavy atom. The lowest BCUT2D eigenvalue weighted by Crippen LogP contribution is -2.53. The standard InChI is InChI=1S/C8H18N2O.C2H6/c1-3-10-5-4-9(2)6-8(10)7-11;1-2/h8,11H,3-7H2,1-2H3;1-2H3. The molecule has 1 atom stereocenters. The predicted octanol–water partition coefficient (Wildman–Crippen LogP) is 0.641. The van der Waals surface area contributed by atoms with Crippen LogP contribution in [0.3, 0.4) is 0 Å². The second-order valence-electron chi connectivity index (χ2n) is 3.23. The minimum atomic E-state index is 0.290. The zero-order valence-electron chi connectivity index (χ0n) is 9.45. The van der Waals surface area contributed by atoms with Gasteiger partial charge >= 0.3 is 0 Å². The van der Waals surface area contributed by atoms with Gasteiger partial charge in [0.2, 0.25) is 0 Å². The van der Waals surface area contributed by atoms with Crippen LogP contribution in [0.5, 0.6) is 0 Å². The molecule has 13 heavy (non-hydrogen) atoms. The number of likely N-dealkylation sites (N-methyl/N-ethyl adjacent to an activating group) is 2. The van der Waals surface area contributed by atoms with E-state index in [1.165, 1.54) is 0 Å². The van der Waals surface area contributed by atoms with Crippen molar-refractivity contribution in [1.82, 2.24) is 9.80 Å². The Balaban J connectivity index is 0.000000671. The third-order valence-electron chi connectivity index (χ3n) is 2.42. The van der Waals surface area contributed by atoms with Crippen molar-refractivity contribution >= 4 is 0 Å². The van der Waals surface area contributed by atoms with Crippen LogP contribution in [-0.2, 0) is 0 Å². The summed E-state index contributed by atoms with van der Waals surface area (Å²) in [7, 11) is 2.11. The summed E-state index contributed by atoms with van der Waals surface area (Å²) in [6, 6.07) is 0.360. The van der Waals surface area contributed by atoms with Crippen LogP contribution in [0.4, 0.5) is 0 Å². The van der Waals surface area contributed by atoms with Gasteiger partial charge in [-0.15, -0.1) is 0 Å². The van der Waals surface area contributed by atoms with Gasteiger partial charge in [-0.3, -0.25) is 4.90 Å². The van der Waals surface area contributed by atoms with Gasteiger partial charge in [0.05, 0.1) is 6.61 Å². The Kier molecular flexibility index (Phi) is 7.23. The molecule has 0 radical (unpaired) electrons. The van der Waals surface area contributed by atoms with E-state index in [-0.39, 0.29) is 6.61 Å². The molecule has 0 saturated carbocycles. The van der Waals surface area contributed by atoms with Crippen LogP contribution in [-0.4, -0.2) is 60.8 Å². The van der Waals surface area contributed by atoms with Gasteiger partial charge in [-0.1, -0.05) is 20.8 Å². The molecule has 1 unspecified atom stereocenters. The average molecular weight is 188 g/mol. The van der Waals surface area contributed by atoms with Gasteiger partial charge < -0.3 is 10.0 Å². The molecule has 0 amide bonds. The van der Waals surface area contributed by atoms with E-state index >= 15 is 0 Å². The number of piperazine rings is 1. The van der Waals surface area contributed by atoms with Crippen molar-refractivity contribution in [2.24, 2.45) is 0 Å². The Bertz CT molecular complexity index is 119. The van der Waals surface area contributed by atoms with Crippen molar-refractivity contribution in [3.63, 3.8) is 0 Å². The van der Waals surface area contributed by atoms with Crippen LogP contribution in [0.2, 0.25) is 0 Å². The predicted molar refractivity (Wildman–Crippen MR) is 57.0 cm³/mol. The van der Waals surface area contributed by atoms with Crippen molar-refractivity contribution in [2.45, 2.75) is 26.8 Å². The van der Waals surface area contributed by atoms with Gasteiger partial charge in [0.15, 0.2) is 0 Å². The Hall–Kier alpha value is -0.120. The van der Waals surface area contributed by atoms with Crippen LogP contribution < -0.4 is 0 Å². The SMILES string of the molecule is CC.CCN1CCN(C)CC1CO. The van der Waals surface area contributed by atoms with E-state index in [0.29, 0.717) is 6.04 Å². The minimum Gasteiger partial charge on any atom is -0.395 e. The molecule has 1 N–H and O–H groups in total. The normalized spacial score (nSPS) is 25.2. The fourth-order valence-electron chi connectivity index (χ4n) is 1.64. The van der Waals surface area contributed by atoms with E-state index < -0.39 is 0 Å². The first-order valence-electron chi connectivity index (χ1n) is 5.31. The van der Waals surface area contributed by atoms with E-state index in [9.17, 15) is 0 Å². The van der Waals surface area contributed by atoms with Crippen molar-refractivity contribution in [3.05, 3.63) is 0 Å². The molecule has 1 heterocycles. The molecule has 0 aliphatic carbocycles. The second-order valence-corrected chi connectivity index (χ2v) is 3.23. The largest absolute Gasteiger partial charge is 0.395 e. The molecule has 0 spiro atoms. The van der Waals surface area contributed by atoms with E-state index in [4.69, 9.17) is 5.11 Å². The van der Waals surface area contributed by atoms with Crippen molar-refractivity contribution in [3.8, 4) is 0 Å². The fourth-order valence-corrected chi connectivity index (χ4v) is 1.64. The first-order valence-corrected chi connectivity index (χ1v) is 5.31. The topological polar surface area (TPSA) is 26.7 Å². The summed E-state index contributed by atoms with van der Waals surface area (Å²) in [5.41, 5.74) is 0. The highest BCUT2D eigenvalue weighted by atomic mass is 16.3. The fraction of sp³-hybridized carbons (Fsp3) is 1.00. The lowest BCUT2D eigenvalue weighted by Gasteiger charge is -2.38. The van der Waals surface area contributed by atoms with E-state index in [0.717, 1.165) is 26.2 Å². The molecule has 0 bridgehead atoms.